The van der Waals surface area contributed by atoms with Gasteiger partial charge in [0.2, 0.25) is 18.2 Å². The molecular formula is C49H67N11O8. The van der Waals surface area contributed by atoms with E-state index >= 15 is 0 Å². The molecule has 68 heavy (non-hydrogen) atoms. The molecule has 19 nitrogen and oxygen atoms in total. The number of aliphatic hydroxyl groups excluding tert-OH is 1. The zero-order chi connectivity index (χ0) is 50.1. The van der Waals surface area contributed by atoms with Crippen molar-refractivity contribution in [2.75, 3.05) is 78.0 Å². The van der Waals surface area contributed by atoms with Gasteiger partial charge in [-0.1, -0.05) is 30.3 Å². The molecule has 0 spiro atoms. The molecule has 19 heteroatoms. The molecule has 0 saturated carbocycles. The zero-order valence-corrected chi connectivity index (χ0v) is 39.8. The fourth-order valence-corrected chi connectivity index (χ4v) is 7.15. The Morgan fingerprint density at radius 2 is 1.76 bits per heavy atom. The maximum atomic E-state index is 13.4. The van der Waals surface area contributed by atoms with Crippen molar-refractivity contribution in [3.8, 4) is 0 Å². The maximum absolute atomic E-state index is 13.4. The second-order valence-corrected chi connectivity index (χ2v) is 16.0. The molecule has 0 bridgehead atoms. The minimum absolute atomic E-state index is 0.0927. The fourth-order valence-electron chi connectivity index (χ4n) is 7.15. The summed E-state index contributed by atoms with van der Waals surface area (Å²) in [4.78, 5) is 73.9. The maximum Gasteiger partial charge on any atom is 0.339 e. The topological polar surface area (TPSA) is 257 Å². The predicted octanol–water partition coefficient (Wildman–Crippen LogP) is 3.83. The standard InChI is InChI=1S/C40H52N10O7.C8H10O.CH5N/c1-27(8-13-35(53)46-26-52)48(6)38(54)32-23-30(11-9-28(32)25-51)50-19-17-49(18-20-50)16-15-44-14-7-21-56-37(47-43-5)33(36(41)42-4)24-45-29-10-12-31-34(22-29)40(2,3)57-39(31)55;9-7-6-8-4-2-1-3-5-8;1-2/h9-12,22-27,41,44,47H,4-5,7-8,13-21H2,1-3,6H3,(H,46,52,53);1-5,9H,6-7H2;2H2,1H3/b37-33+,41-36?,45-24?;;. The van der Waals surface area contributed by atoms with Gasteiger partial charge in [-0.05, 0) is 102 Å². The lowest BCUT2D eigenvalue weighted by atomic mass is 9.95. The van der Waals surface area contributed by atoms with Crippen LogP contribution in [-0.4, -0.2) is 150 Å². The number of hydrazone groups is 1. The van der Waals surface area contributed by atoms with E-state index in [1.807, 2.05) is 57.2 Å². The van der Waals surface area contributed by atoms with E-state index in [1.165, 1.54) is 23.7 Å². The Kier molecular flexibility index (Phi) is 23.6. The summed E-state index contributed by atoms with van der Waals surface area (Å²) in [6, 6.07) is 20.1. The number of nitrogens with two attached hydrogens (primary N) is 1. The van der Waals surface area contributed by atoms with Gasteiger partial charge in [-0.3, -0.25) is 39.8 Å². The lowest BCUT2D eigenvalue weighted by Crippen LogP contribution is -2.48. The first-order valence-electron chi connectivity index (χ1n) is 22.3. The van der Waals surface area contributed by atoms with Crippen LogP contribution < -0.4 is 26.7 Å². The van der Waals surface area contributed by atoms with Crippen LogP contribution in [0.1, 0.15) is 82.2 Å². The Morgan fingerprint density at radius 3 is 2.41 bits per heavy atom. The van der Waals surface area contributed by atoms with Crippen LogP contribution in [0.4, 0.5) is 11.4 Å². The van der Waals surface area contributed by atoms with Crippen molar-refractivity contribution in [2.45, 2.75) is 58.1 Å². The number of carbonyl (C=O) groups is 5. The molecule has 3 amide bonds. The number of benzene rings is 3. The number of cyclic esters (lactones) is 1. The average Bonchev–Trinajstić information content (AvgIpc) is 3.59. The minimum atomic E-state index is -0.776. The molecule has 2 aliphatic heterocycles. The van der Waals surface area contributed by atoms with Gasteiger partial charge in [0.25, 0.3) is 5.91 Å². The molecule has 0 aromatic heterocycles. The third kappa shape index (κ3) is 16.7. The SMILES string of the molecule is C=NN/C(OCCCNCCN1CCN(c2ccc(C=O)c(C(=O)N(C)C(C)CCC(=O)NC=O)c2)CC1)=C(/C=Nc1ccc2c(c1)C(C)(C)OC2=O)C(=N)N=C.CN.OCCc1ccccc1. The van der Waals surface area contributed by atoms with Gasteiger partial charge < -0.3 is 35.4 Å². The molecule has 5 rings (SSSR count). The number of aliphatic imine (C=N–C) groups is 2. The highest BCUT2D eigenvalue weighted by molar-refractivity contribution is 6.15. The molecule has 1 atom stereocenters. The third-order valence-electron chi connectivity index (χ3n) is 11.1. The normalized spacial score (nSPS) is 14.6. The highest BCUT2D eigenvalue weighted by Gasteiger charge is 2.37. The van der Waals surface area contributed by atoms with E-state index in [1.54, 1.807) is 37.4 Å². The molecule has 2 heterocycles. The van der Waals surface area contributed by atoms with Gasteiger partial charge in [-0.15, -0.1) is 0 Å². The molecule has 7 N–H and O–H groups in total. The van der Waals surface area contributed by atoms with E-state index < -0.39 is 11.5 Å². The first-order valence-corrected chi connectivity index (χ1v) is 22.3. The number of aldehydes is 1. The molecule has 1 saturated heterocycles. The minimum Gasteiger partial charge on any atom is -0.477 e. The molecule has 3 aromatic rings. The van der Waals surface area contributed by atoms with Gasteiger partial charge in [-0.2, -0.15) is 5.10 Å². The molecule has 3 aromatic carbocycles. The molecule has 2 aliphatic rings. The van der Waals surface area contributed by atoms with Crippen LogP contribution >= 0.6 is 0 Å². The van der Waals surface area contributed by atoms with Crippen molar-refractivity contribution in [1.29, 1.82) is 5.41 Å². The number of nitrogens with one attached hydrogen (secondary N) is 4. The Labute approximate surface area is 399 Å². The number of anilines is 1. The Morgan fingerprint density at radius 1 is 1.04 bits per heavy atom. The number of piperazine rings is 1. The summed E-state index contributed by atoms with van der Waals surface area (Å²) in [7, 11) is 3.14. The number of ether oxygens (including phenoxy) is 2. The number of aliphatic hydroxyl groups is 1. The number of hydrogen-bond acceptors (Lipinski definition) is 16. The molecule has 1 fully saturated rings. The lowest BCUT2D eigenvalue weighted by Gasteiger charge is -2.36. The predicted molar refractivity (Wildman–Crippen MR) is 266 cm³/mol. The monoisotopic (exact) mass is 938 g/mol. The smallest absolute Gasteiger partial charge is 0.339 e. The first kappa shape index (κ1) is 55.4. The summed E-state index contributed by atoms with van der Waals surface area (Å²) in [5.74, 6) is -1.13. The van der Waals surface area contributed by atoms with Crippen molar-refractivity contribution in [1.82, 2.24) is 25.9 Å². The number of fused-ring (bicyclic) bond motifs is 1. The Balaban J connectivity index is 0.000000984. The van der Waals surface area contributed by atoms with E-state index in [0.717, 1.165) is 56.9 Å². The van der Waals surface area contributed by atoms with Crippen LogP contribution in [0.2, 0.25) is 0 Å². The Bertz CT molecular complexity index is 2240. The van der Waals surface area contributed by atoms with E-state index in [-0.39, 0.29) is 48.2 Å². The first-order chi connectivity index (χ1) is 32.8. The van der Waals surface area contributed by atoms with E-state index in [4.69, 9.17) is 20.0 Å². The van der Waals surface area contributed by atoms with E-state index in [9.17, 15) is 24.0 Å². The van der Waals surface area contributed by atoms with Crippen LogP contribution in [0.25, 0.3) is 0 Å². The van der Waals surface area contributed by atoms with Gasteiger partial charge in [0.15, 0.2) is 12.1 Å². The molecule has 0 radical (unpaired) electrons. The highest BCUT2D eigenvalue weighted by Crippen LogP contribution is 2.37. The van der Waals surface area contributed by atoms with Gasteiger partial charge in [0.1, 0.15) is 5.60 Å². The number of imide groups is 1. The number of esters is 1. The van der Waals surface area contributed by atoms with E-state index in [0.29, 0.717) is 61.1 Å². The van der Waals surface area contributed by atoms with E-state index in [2.05, 4.69) is 60.1 Å². The third-order valence-corrected chi connectivity index (χ3v) is 11.1. The number of amidine groups is 1. The molecular weight excluding hydrogens is 871 g/mol. The number of amides is 3. The van der Waals surface area contributed by atoms with Crippen molar-refractivity contribution in [3.63, 3.8) is 0 Å². The van der Waals surface area contributed by atoms with Gasteiger partial charge in [0, 0.05) is 95.1 Å². The number of hydrogen-bond donors (Lipinski definition) is 6. The van der Waals surface area contributed by atoms with Gasteiger partial charge in [0.05, 0.1) is 29.0 Å². The summed E-state index contributed by atoms with van der Waals surface area (Å²) in [5, 5.41) is 26.1. The summed E-state index contributed by atoms with van der Waals surface area (Å²) >= 11 is 0. The lowest BCUT2D eigenvalue weighted by molar-refractivity contribution is -0.125. The second-order valence-electron chi connectivity index (χ2n) is 16.0. The van der Waals surface area contributed by atoms with Crippen molar-refractivity contribution < 1.29 is 38.6 Å². The van der Waals surface area contributed by atoms with Crippen molar-refractivity contribution in [3.05, 3.63) is 106 Å². The fraction of sp³-hybridized carbons (Fsp3) is 0.408. The highest BCUT2D eigenvalue weighted by atomic mass is 16.6. The van der Waals surface area contributed by atoms with Crippen molar-refractivity contribution >= 4 is 67.3 Å². The quantitative estimate of drug-likeness (QED) is 0.0151. The molecule has 366 valence electrons. The van der Waals surface area contributed by atoms with Crippen LogP contribution in [0.3, 0.4) is 0 Å². The molecule has 1 unspecified atom stereocenters. The number of nitrogens with zero attached hydrogens (tertiary/aromatic N) is 6. The van der Waals surface area contributed by atoms with Crippen LogP contribution in [-0.2, 0) is 31.1 Å². The summed E-state index contributed by atoms with van der Waals surface area (Å²) < 4.78 is 11.4. The number of rotatable bonds is 23. The average molecular weight is 938 g/mol. The zero-order valence-electron chi connectivity index (χ0n) is 39.8. The second kappa shape index (κ2) is 29.0. The molecule has 0 aliphatic carbocycles. The largest absolute Gasteiger partial charge is 0.477 e. The summed E-state index contributed by atoms with van der Waals surface area (Å²) in [6.07, 6.45) is 4.32. The van der Waals surface area contributed by atoms with Crippen LogP contribution in [0.5, 0.6) is 0 Å². The van der Waals surface area contributed by atoms with Crippen LogP contribution in [0.15, 0.2) is 93.3 Å². The van der Waals surface area contributed by atoms with Gasteiger partial charge in [-0.25, -0.2) is 15.2 Å². The number of carbonyl (C=O) groups excluding carboxylic acids is 5. The van der Waals surface area contributed by atoms with Crippen LogP contribution in [0, 0.1) is 5.41 Å². The van der Waals surface area contributed by atoms with Crippen molar-refractivity contribution in [2.24, 2.45) is 20.8 Å². The Hall–Kier alpha value is -6.93. The summed E-state index contributed by atoms with van der Waals surface area (Å²) in [6.45, 7) is 18.4. The summed E-state index contributed by atoms with van der Waals surface area (Å²) in [5.41, 5.74) is 11.1. The van der Waals surface area contributed by atoms with Gasteiger partial charge >= 0.3 is 5.97 Å².